The summed E-state index contributed by atoms with van der Waals surface area (Å²) in [6.07, 6.45) is 0. The van der Waals surface area contributed by atoms with Crippen LogP contribution in [0.1, 0.15) is 39.0 Å². The fraction of sp³-hybridized carbons (Fsp3) is 0.226. The first-order valence-corrected chi connectivity index (χ1v) is 13.8. The van der Waals surface area contributed by atoms with Crippen LogP contribution in [0, 0.1) is 6.92 Å². The summed E-state index contributed by atoms with van der Waals surface area (Å²) in [5.41, 5.74) is 5.29. The third-order valence-electron chi connectivity index (χ3n) is 6.93. The second-order valence-electron chi connectivity index (χ2n) is 9.56. The average Bonchev–Trinajstić information content (AvgIpc) is 3.60. The summed E-state index contributed by atoms with van der Waals surface area (Å²) in [7, 11) is 0. The molecule has 5 aromatic rings. The van der Waals surface area contributed by atoms with Crippen LogP contribution in [0.4, 0.5) is 0 Å². The van der Waals surface area contributed by atoms with Crippen LogP contribution in [-0.2, 0) is 5.75 Å². The lowest BCUT2D eigenvalue weighted by molar-refractivity contribution is 0.0566. The Morgan fingerprint density at radius 3 is 2.24 bits per heavy atom. The number of benzene rings is 3. The van der Waals surface area contributed by atoms with Gasteiger partial charge in [0.15, 0.2) is 11.3 Å². The second-order valence-corrected chi connectivity index (χ2v) is 10.5. The predicted molar refractivity (Wildman–Crippen MR) is 149 cm³/mol. The lowest BCUT2D eigenvalue weighted by Gasteiger charge is -2.39. The zero-order valence-electron chi connectivity index (χ0n) is 21.2. The number of carbonyl (C=O) groups excluding carboxylic acids is 1. The van der Waals surface area contributed by atoms with Crippen molar-refractivity contribution in [3.8, 4) is 0 Å². The first-order chi connectivity index (χ1) is 18.6. The molecule has 3 heterocycles. The molecule has 1 amide bonds. The van der Waals surface area contributed by atoms with Gasteiger partial charge in [0.1, 0.15) is 11.3 Å². The van der Waals surface area contributed by atoms with Crippen molar-refractivity contribution in [3.63, 3.8) is 0 Å². The van der Waals surface area contributed by atoms with Crippen LogP contribution >= 0.6 is 11.8 Å². The van der Waals surface area contributed by atoms with Crippen LogP contribution < -0.4 is 0 Å². The smallest absolute Gasteiger partial charge is 0.289 e. The number of fused-ring (bicyclic) bond motifs is 1. The fourth-order valence-electron chi connectivity index (χ4n) is 5.00. The molecule has 38 heavy (non-hydrogen) atoms. The van der Waals surface area contributed by atoms with Crippen molar-refractivity contribution in [1.82, 2.24) is 14.8 Å². The van der Waals surface area contributed by atoms with E-state index in [0.29, 0.717) is 29.8 Å². The number of hydrogen-bond acceptors (Lipinski definition) is 6. The minimum Gasteiger partial charge on any atom is -0.455 e. The molecule has 6 rings (SSSR count). The average molecular weight is 524 g/mol. The zero-order chi connectivity index (χ0) is 25.9. The summed E-state index contributed by atoms with van der Waals surface area (Å²) >= 11 is 1.46. The van der Waals surface area contributed by atoms with Gasteiger partial charge in [-0.15, -0.1) is 0 Å². The van der Waals surface area contributed by atoms with Gasteiger partial charge in [-0.2, -0.15) is 0 Å². The Balaban J connectivity index is 1.08. The van der Waals surface area contributed by atoms with Crippen LogP contribution in [0.3, 0.4) is 0 Å². The van der Waals surface area contributed by atoms with Gasteiger partial charge in [0.25, 0.3) is 11.1 Å². The molecule has 2 aromatic heterocycles. The van der Waals surface area contributed by atoms with Crippen molar-refractivity contribution in [2.45, 2.75) is 23.9 Å². The molecule has 1 aliphatic heterocycles. The first-order valence-electron chi connectivity index (χ1n) is 12.9. The van der Waals surface area contributed by atoms with E-state index in [1.54, 1.807) is 6.07 Å². The monoisotopic (exact) mass is 523 g/mol. The van der Waals surface area contributed by atoms with Crippen LogP contribution in [-0.4, -0.2) is 46.9 Å². The van der Waals surface area contributed by atoms with Crippen LogP contribution in [0.15, 0.2) is 105 Å². The maximum Gasteiger partial charge on any atom is 0.289 e. The number of hydrogen-bond donors (Lipinski definition) is 0. The number of carbonyl (C=O) groups is 1. The molecule has 3 aromatic carbocycles. The molecule has 0 bridgehead atoms. The predicted octanol–water partition coefficient (Wildman–Crippen LogP) is 6.57. The van der Waals surface area contributed by atoms with Crippen molar-refractivity contribution in [3.05, 3.63) is 119 Å². The number of piperazine rings is 1. The van der Waals surface area contributed by atoms with Gasteiger partial charge in [-0.1, -0.05) is 78.5 Å². The summed E-state index contributed by atoms with van der Waals surface area (Å²) in [4.78, 5) is 22.1. The molecule has 192 valence electrons. The number of rotatable bonds is 7. The van der Waals surface area contributed by atoms with Crippen LogP contribution in [0.5, 0.6) is 0 Å². The van der Waals surface area contributed by atoms with Gasteiger partial charge in [-0.25, -0.2) is 4.98 Å². The molecular formula is C31H29N3O3S. The Bertz CT molecular complexity index is 1480. The summed E-state index contributed by atoms with van der Waals surface area (Å²) in [5, 5.41) is 0.595. The third-order valence-corrected chi connectivity index (χ3v) is 7.78. The maximum atomic E-state index is 13.2. The standard InChI is InChI=1S/C31H29N3O3S/c1-22-12-14-26-28(20-22)37-31(32-26)38-21-25-13-15-27(36-25)30(35)34-18-16-33(17-19-34)29(23-8-4-2-5-9-23)24-10-6-3-7-11-24/h2-15,20,29H,16-19,21H2,1H3. The summed E-state index contributed by atoms with van der Waals surface area (Å²) in [6.45, 7) is 4.92. The molecule has 0 radical (unpaired) electrons. The minimum atomic E-state index is -0.0609. The molecule has 0 spiro atoms. The number of thioether (sulfide) groups is 1. The largest absolute Gasteiger partial charge is 0.455 e. The molecule has 0 N–H and O–H groups in total. The van der Waals surface area contributed by atoms with Gasteiger partial charge in [0.2, 0.25) is 0 Å². The molecule has 6 nitrogen and oxygen atoms in total. The maximum absolute atomic E-state index is 13.2. The molecule has 0 aliphatic carbocycles. The molecule has 1 fully saturated rings. The molecule has 1 saturated heterocycles. The van der Waals surface area contributed by atoms with Gasteiger partial charge >= 0.3 is 0 Å². The Labute approximate surface area is 226 Å². The third kappa shape index (κ3) is 5.26. The zero-order valence-corrected chi connectivity index (χ0v) is 22.1. The van der Waals surface area contributed by atoms with E-state index < -0.39 is 0 Å². The van der Waals surface area contributed by atoms with E-state index in [2.05, 4.69) is 58.4 Å². The lowest BCUT2D eigenvalue weighted by Crippen LogP contribution is -2.49. The highest BCUT2D eigenvalue weighted by Gasteiger charge is 2.29. The van der Waals surface area contributed by atoms with E-state index in [9.17, 15) is 4.79 Å². The summed E-state index contributed by atoms with van der Waals surface area (Å²) in [5.74, 6) is 1.59. The Morgan fingerprint density at radius 1 is 0.868 bits per heavy atom. The van der Waals surface area contributed by atoms with Gasteiger partial charge in [-0.3, -0.25) is 9.69 Å². The highest BCUT2D eigenvalue weighted by atomic mass is 32.2. The minimum absolute atomic E-state index is 0.0609. The highest BCUT2D eigenvalue weighted by molar-refractivity contribution is 7.98. The van der Waals surface area contributed by atoms with E-state index in [4.69, 9.17) is 8.83 Å². The number of amides is 1. The van der Waals surface area contributed by atoms with Gasteiger partial charge < -0.3 is 13.7 Å². The van der Waals surface area contributed by atoms with Crippen molar-refractivity contribution >= 4 is 28.8 Å². The van der Waals surface area contributed by atoms with E-state index >= 15 is 0 Å². The number of aromatic nitrogens is 1. The van der Waals surface area contributed by atoms with E-state index in [1.807, 2.05) is 48.2 Å². The van der Waals surface area contributed by atoms with E-state index in [1.165, 1.54) is 22.9 Å². The van der Waals surface area contributed by atoms with Crippen LogP contribution in [0.2, 0.25) is 0 Å². The number of nitrogens with zero attached hydrogens (tertiary/aromatic N) is 3. The quantitative estimate of drug-likeness (QED) is 0.225. The van der Waals surface area contributed by atoms with Crippen LogP contribution in [0.25, 0.3) is 11.1 Å². The molecular weight excluding hydrogens is 494 g/mol. The Hall–Kier alpha value is -3.81. The van der Waals surface area contributed by atoms with Gasteiger partial charge in [0.05, 0.1) is 11.8 Å². The van der Waals surface area contributed by atoms with Gasteiger partial charge in [-0.05, 0) is 47.9 Å². The topological polar surface area (TPSA) is 62.7 Å². The van der Waals surface area contributed by atoms with Crippen molar-refractivity contribution in [2.24, 2.45) is 0 Å². The van der Waals surface area contributed by atoms with Gasteiger partial charge in [0, 0.05) is 26.2 Å². The Morgan fingerprint density at radius 2 is 1.55 bits per heavy atom. The fourth-order valence-corrected chi connectivity index (χ4v) is 5.73. The molecule has 0 unspecified atom stereocenters. The summed E-state index contributed by atoms with van der Waals surface area (Å²) in [6, 6.07) is 30.9. The van der Waals surface area contributed by atoms with Crippen molar-refractivity contribution < 1.29 is 13.6 Å². The normalized spacial score (nSPS) is 14.4. The highest BCUT2D eigenvalue weighted by Crippen LogP contribution is 2.30. The first kappa shape index (κ1) is 24.5. The van der Waals surface area contributed by atoms with Crippen molar-refractivity contribution in [1.29, 1.82) is 0 Å². The molecule has 0 atom stereocenters. The van der Waals surface area contributed by atoms with E-state index in [0.717, 1.165) is 35.5 Å². The molecule has 1 aliphatic rings. The SMILES string of the molecule is Cc1ccc2nc(SCc3ccc(C(=O)N4CCN(C(c5ccccc5)c5ccccc5)CC4)o3)oc2c1. The summed E-state index contributed by atoms with van der Waals surface area (Å²) < 4.78 is 11.8. The van der Waals surface area contributed by atoms with E-state index in [-0.39, 0.29) is 11.9 Å². The Kier molecular flexibility index (Phi) is 7.03. The van der Waals surface area contributed by atoms with Crippen molar-refractivity contribution in [2.75, 3.05) is 26.2 Å². The molecule has 0 saturated carbocycles. The second kappa shape index (κ2) is 10.9. The number of aryl methyl sites for hydroxylation is 1. The molecule has 7 heteroatoms. The lowest BCUT2D eigenvalue weighted by atomic mass is 9.96. The number of furan rings is 1. The number of oxazole rings is 1.